The van der Waals surface area contributed by atoms with Gasteiger partial charge in [0.2, 0.25) is 5.91 Å². The molecule has 1 atom stereocenters. The van der Waals surface area contributed by atoms with Gasteiger partial charge in [0, 0.05) is 30.4 Å². The molecule has 1 fully saturated rings. The summed E-state index contributed by atoms with van der Waals surface area (Å²) in [6.45, 7) is 2.50. The van der Waals surface area contributed by atoms with Crippen LogP contribution in [0, 0.1) is 0 Å². The molecule has 2 amide bonds. The predicted octanol–water partition coefficient (Wildman–Crippen LogP) is 3.35. The van der Waals surface area contributed by atoms with Crippen molar-refractivity contribution in [2.75, 3.05) is 11.4 Å². The summed E-state index contributed by atoms with van der Waals surface area (Å²) < 4.78 is 0. The van der Waals surface area contributed by atoms with Crippen molar-refractivity contribution in [3.8, 4) is 0 Å². The molecule has 1 aromatic carbocycles. The molecule has 6 heteroatoms. The Balaban J connectivity index is 1.86. The lowest BCUT2D eigenvalue weighted by atomic mass is 10.1. The summed E-state index contributed by atoms with van der Waals surface area (Å²) in [6.07, 6.45) is 4.70. The third kappa shape index (κ3) is 3.41. The lowest BCUT2D eigenvalue weighted by Gasteiger charge is -2.21. The van der Waals surface area contributed by atoms with E-state index in [1.54, 1.807) is 35.5 Å². The number of aromatic nitrogens is 1. The van der Waals surface area contributed by atoms with Crippen LogP contribution in [0.2, 0.25) is 5.02 Å². The molecule has 1 saturated heterocycles. The van der Waals surface area contributed by atoms with E-state index in [1.165, 1.54) is 0 Å². The van der Waals surface area contributed by atoms with Crippen LogP contribution in [-0.2, 0) is 4.79 Å². The van der Waals surface area contributed by atoms with Crippen molar-refractivity contribution in [2.24, 2.45) is 0 Å². The van der Waals surface area contributed by atoms with Crippen LogP contribution in [0.4, 0.5) is 5.69 Å². The summed E-state index contributed by atoms with van der Waals surface area (Å²) in [5, 5.41) is 3.45. The topological polar surface area (TPSA) is 62.3 Å². The minimum atomic E-state index is -0.238. The van der Waals surface area contributed by atoms with E-state index in [4.69, 9.17) is 11.6 Å². The number of pyridine rings is 1. The second-order valence-electron chi connectivity index (χ2n) is 5.79. The first-order valence-corrected chi connectivity index (χ1v) is 8.25. The van der Waals surface area contributed by atoms with Crippen molar-refractivity contribution in [3.63, 3.8) is 0 Å². The number of hydrogen-bond acceptors (Lipinski definition) is 3. The van der Waals surface area contributed by atoms with Gasteiger partial charge in [-0.1, -0.05) is 17.7 Å². The van der Waals surface area contributed by atoms with Crippen LogP contribution < -0.4 is 10.2 Å². The van der Waals surface area contributed by atoms with E-state index in [0.717, 1.165) is 12.0 Å². The third-order valence-corrected chi connectivity index (χ3v) is 4.34. The van der Waals surface area contributed by atoms with Gasteiger partial charge in [0.1, 0.15) is 0 Å². The third-order valence-electron chi connectivity index (χ3n) is 4.10. The van der Waals surface area contributed by atoms with Crippen molar-refractivity contribution in [2.45, 2.75) is 25.8 Å². The van der Waals surface area contributed by atoms with Gasteiger partial charge in [-0.3, -0.25) is 14.6 Å². The highest BCUT2D eigenvalue weighted by Gasteiger charge is 2.26. The van der Waals surface area contributed by atoms with Crippen LogP contribution in [0.5, 0.6) is 0 Å². The first kappa shape index (κ1) is 16.5. The molecule has 5 nitrogen and oxygen atoms in total. The number of rotatable bonds is 4. The Hall–Kier alpha value is -2.40. The van der Waals surface area contributed by atoms with Crippen LogP contribution in [0.15, 0.2) is 42.7 Å². The largest absolute Gasteiger partial charge is 0.345 e. The van der Waals surface area contributed by atoms with E-state index in [0.29, 0.717) is 29.2 Å². The highest BCUT2D eigenvalue weighted by molar-refractivity contribution is 6.31. The van der Waals surface area contributed by atoms with E-state index in [-0.39, 0.29) is 17.9 Å². The summed E-state index contributed by atoms with van der Waals surface area (Å²) in [4.78, 5) is 30.5. The van der Waals surface area contributed by atoms with Crippen molar-refractivity contribution in [1.29, 1.82) is 0 Å². The fraction of sp³-hybridized carbons (Fsp3) is 0.278. The minimum Gasteiger partial charge on any atom is -0.345 e. The molecule has 0 spiro atoms. The predicted molar refractivity (Wildman–Crippen MR) is 93.2 cm³/mol. The molecule has 124 valence electrons. The van der Waals surface area contributed by atoms with Crippen LogP contribution >= 0.6 is 11.6 Å². The molecule has 1 aliphatic rings. The maximum atomic E-state index is 12.7. The first-order chi connectivity index (χ1) is 11.6. The zero-order valence-corrected chi connectivity index (χ0v) is 14.1. The molecule has 0 saturated carbocycles. The van der Waals surface area contributed by atoms with Gasteiger partial charge in [-0.2, -0.15) is 0 Å². The summed E-state index contributed by atoms with van der Waals surface area (Å²) in [7, 11) is 0. The fourth-order valence-electron chi connectivity index (χ4n) is 2.81. The number of hydrogen-bond donors (Lipinski definition) is 1. The molecule has 0 bridgehead atoms. The molecule has 0 aliphatic carbocycles. The number of benzene rings is 1. The molecule has 1 N–H and O–H groups in total. The zero-order valence-electron chi connectivity index (χ0n) is 13.3. The summed E-state index contributed by atoms with van der Waals surface area (Å²) in [6, 6.07) is 8.54. The van der Waals surface area contributed by atoms with Crippen molar-refractivity contribution in [1.82, 2.24) is 10.3 Å². The number of nitrogens with one attached hydrogen (secondary N) is 1. The van der Waals surface area contributed by atoms with E-state index in [2.05, 4.69) is 10.3 Å². The van der Waals surface area contributed by atoms with E-state index < -0.39 is 0 Å². The number of anilines is 1. The standard InChI is InChI=1S/C18H18ClN3O2/c1-12(13-4-2-8-20-11-13)21-18(24)15-7-6-14(19)10-16(15)22-9-3-5-17(22)23/h2,4,6-8,10-12H,3,5,9H2,1H3,(H,21,24). The quantitative estimate of drug-likeness (QED) is 0.926. The normalized spacial score (nSPS) is 15.4. The molecule has 3 rings (SSSR count). The lowest BCUT2D eigenvalue weighted by Crippen LogP contribution is -2.31. The molecule has 2 heterocycles. The minimum absolute atomic E-state index is 0.0200. The summed E-state index contributed by atoms with van der Waals surface area (Å²) in [5.74, 6) is -0.218. The monoisotopic (exact) mass is 343 g/mol. The SMILES string of the molecule is CC(NC(=O)c1ccc(Cl)cc1N1CCCC1=O)c1cccnc1. The Labute approximate surface area is 145 Å². The fourth-order valence-corrected chi connectivity index (χ4v) is 2.98. The van der Waals surface area contributed by atoms with Crippen LogP contribution in [0.25, 0.3) is 0 Å². The van der Waals surface area contributed by atoms with E-state index in [1.807, 2.05) is 19.1 Å². The molecule has 1 aromatic heterocycles. The van der Waals surface area contributed by atoms with E-state index in [9.17, 15) is 9.59 Å². The number of carbonyl (C=O) groups is 2. The maximum absolute atomic E-state index is 12.7. The van der Waals surface area contributed by atoms with Crippen molar-refractivity contribution >= 4 is 29.1 Å². The van der Waals surface area contributed by atoms with Crippen LogP contribution in [0.1, 0.15) is 41.7 Å². The van der Waals surface area contributed by atoms with Gasteiger partial charge in [-0.15, -0.1) is 0 Å². The Bertz CT molecular complexity index is 764. The molecule has 24 heavy (non-hydrogen) atoms. The van der Waals surface area contributed by atoms with Crippen LogP contribution in [-0.4, -0.2) is 23.3 Å². The van der Waals surface area contributed by atoms with Gasteiger partial charge in [0.15, 0.2) is 0 Å². The summed E-state index contributed by atoms with van der Waals surface area (Å²) >= 11 is 6.07. The summed E-state index contributed by atoms with van der Waals surface area (Å²) in [5.41, 5.74) is 1.94. The second-order valence-corrected chi connectivity index (χ2v) is 6.23. The Morgan fingerprint density at radius 2 is 2.21 bits per heavy atom. The van der Waals surface area contributed by atoms with E-state index >= 15 is 0 Å². The van der Waals surface area contributed by atoms with Crippen molar-refractivity contribution < 1.29 is 9.59 Å². The molecular weight excluding hydrogens is 326 g/mol. The number of halogens is 1. The van der Waals surface area contributed by atoms with Gasteiger partial charge >= 0.3 is 0 Å². The molecule has 0 radical (unpaired) electrons. The zero-order chi connectivity index (χ0) is 17.1. The van der Waals surface area contributed by atoms with Gasteiger partial charge < -0.3 is 10.2 Å². The highest BCUT2D eigenvalue weighted by atomic mass is 35.5. The first-order valence-electron chi connectivity index (χ1n) is 7.87. The van der Waals surface area contributed by atoms with Crippen molar-refractivity contribution in [3.05, 3.63) is 58.9 Å². The Kier molecular flexibility index (Phi) is 4.81. The lowest BCUT2D eigenvalue weighted by molar-refractivity contribution is -0.117. The van der Waals surface area contributed by atoms with Crippen LogP contribution in [0.3, 0.4) is 0 Å². The second kappa shape index (κ2) is 7.01. The average Bonchev–Trinajstić information content (AvgIpc) is 3.01. The number of carbonyl (C=O) groups excluding carboxylic acids is 2. The smallest absolute Gasteiger partial charge is 0.253 e. The molecule has 1 unspecified atom stereocenters. The molecule has 2 aromatic rings. The van der Waals surface area contributed by atoms with Gasteiger partial charge in [0.05, 0.1) is 17.3 Å². The van der Waals surface area contributed by atoms with Gasteiger partial charge in [-0.25, -0.2) is 0 Å². The maximum Gasteiger partial charge on any atom is 0.253 e. The van der Waals surface area contributed by atoms with Gasteiger partial charge in [-0.05, 0) is 43.2 Å². The number of nitrogens with zero attached hydrogens (tertiary/aromatic N) is 2. The average molecular weight is 344 g/mol. The number of amides is 2. The Morgan fingerprint density at radius 1 is 1.38 bits per heavy atom. The molecule has 1 aliphatic heterocycles. The van der Waals surface area contributed by atoms with Gasteiger partial charge in [0.25, 0.3) is 5.91 Å². The molecular formula is C18H18ClN3O2. The highest BCUT2D eigenvalue weighted by Crippen LogP contribution is 2.29. The Morgan fingerprint density at radius 3 is 2.88 bits per heavy atom.